The molecule has 1 aromatic carbocycles. The average molecular weight is 417 g/mol. The van der Waals surface area contributed by atoms with Crippen LogP contribution >= 0.6 is 0 Å². The summed E-state index contributed by atoms with van der Waals surface area (Å²) < 4.78 is 21.5. The molecule has 1 amide bonds. The molecule has 1 aromatic heterocycles. The van der Waals surface area contributed by atoms with E-state index in [1.807, 2.05) is 35.2 Å². The molecule has 2 heterocycles. The van der Waals surface area contributed by atoms with Gasteiger partial charge in [-0.15, -0.1) is 0 Å². The van der Waals surface area contributed by atoms with Crippen LogP contribution in [0.25, 0.3) is 0 Å². The zero-order valence-corrected chi connectivity index (χ0v) is 18.1. The number of para-hydroxylation sites is 1. The predicted octanol–water partition coefficient (Wildman–Crippen LogP) is 2.63. The second-order valence-corrected chi connectivity index (χ2v) is 7.65. The summed E-state index contributed by atoms with van der Waals surface area (Å²) >= 11 is 0. The molecule has 0 unspecified atom stereocenters. The van der Waals surface area contributed by atoms with Gasteiger partial charge in [0.05, 0.1) is 26.5 Å². The number of amides is 1. The number of furan rings is 1. The van der Waals surface area contributed by atoms with E-state index in [1.165, 1.54) is 5.56 Å². The van der Waals surface area contributed by atoms with Gasteiger partial charge in [-0.05, 0) is 29.7 Å². The summed E-state index contributed by atoms with van der Waals surface area (Å²) in [5.74, 6) is 2.32. The molecule has 2 aromatic rings. The first-order valence-electron chi connectivity index (χ1n) is 10.3. The molecule has 30 heavy (non-hydrogen) atoms. The van der Waals surface area contributed by atoms with Gasteiger partial charge in [-0.25, -0.2) is 0 Å². The minimum atomic E-state index is -0.0159. The second-order valence-electron chi connectivity index (χ2n) is 7.65. The molecule has 1 saturated heterocycles. The monoisotopic (exact) mass is 416 g/mol. The highest BCUT2D eigenvalue weighted by Crippen LogP contribution is 2.38. The lowest BCUT2D eigenvalue weighted by Gasteiger charge is -2.28. The topological polar surface area (TPSA) is 64.4 Å². The third kappa shape index (κ3) is 5.62. The third-order valence-corrected chi connectivity index (χ3v) is 5.66. The molecule has 0 aliphatic carbocycles. The highest BCUT2D eigenvalue weighted by atomic mass is 16.5. The Morgan fingerprint density at radius 1 is 1.13 bits per heavy atom. The highest BCUT2D eigenvalue weighted by molar-refractivity contribution is 5.77. The number of likely N-dealkylation sites (tertiary alicyclic amines) is 1. The van der Waals surface area contributed by atoms with E-state index in [1.54, 1.807) is 27.6 Å². The summed E-state index contributed by atoms with van der Waals surface area (Å²) in [7, 11) is 4.90. The molecule has 1 aliphatic heterocycles. The number of benzene rings is 1. The van der Waals surface area contributed by atoms with Crippen LogP contribution in [0.4, 0.5) is 0 Å². The minimum Gasteiger partial charge on any atom is -0.496 e. The number of hydrogen-bond acceptors (Lipinski definition) is 6. The van der Waals surface area contributed by atoms with Crippen molar-refractivity contribution in [1.29, 1.82) is 0 Å². The van der Waals surface area contributed by atoms with Crippen LogP contribution in [0, 0.1) is 5.92 Å². The Bertz CT molecular complexity index is 780. The molecule has 2 atom stereocenters. The summed E-state index contributed by atoms with van der Waals surface area (Å²) in [4.78, 5) is 16.9. The molecule has 0 N–H and O–H groups in total. The lowest BCUT2D eigenvalue weighted by Crippen LogP contribution is -2.41. The maximum absolute atomic E-state index is 12.6. The SMILES string of the molecule is COCCN(C[C@@H]1CN(Cc2ccco2)C[C@@H]1c1ccccc1OC)C(=O)COC. The van der Waals surface area contributed by atoms with Crippen molar-refractivity contribution in [3.05, 3.63) is 54.0 Å². The Morgan fingerprint density at radius 3 is 2.67 bits per heavy atom. The minimum absolute atomic E-state index is 0.0159. The molecule has 1 fully saturated rings. The van der Waals surface area contributed by atoms with E-state index >= 15 is 0 Å². The third-order valence-electron chi connectivity index (χ3n) is 5.66. The van der Waals surface area contributed by atoms with Crippen LogP contribution in [-0.4, -0.2) is 76.4 Å². The Morgan fingerprint density at radius 2 is 1.97 bits per heavy atom. The Kier molecular flexibility index (Phi) is 8.30. The number of rotatable bonds is 11. The van der Waals surface area contributed by atoms with Crippen molar-refractivity contribution in [2.45, 2.75) is 12.5 Å². The molecular weight excluding hydrogens is 384 g/mol. The van der Waals surface area contributed by atoms with Crippen LogP contribution in [0.3, 0.4) is 0 Å². The highest BCUT2D eigenvalue weighted by Gasteiger charge is 2.37. The number of hydrogen-bond donors (Lipinski definition) is 0. The number of carbonyl (C=O) groups excluding carboxylic acids is 1. The smallest absolute Gasteiger partial charge is 0.248 e. The van der Waals surface area contributed by atoms with Gasteiger partial charge in [-0.1, -0.05) is 18.2 Å². The Hall–Kier alpha value is -2.35. The first-order valence-corrected chi connectivity index (χ1v) is 10.3. The molecule has 0 saturated carbocycles. The van der Waals surface area contributed by atoms with Crippen LogP contribution in [0.1, 0.15) is 17.2 Å². The standard InChI is InChI=1S/C23H32N2O5/c1-27-12-10-25(23(26)17-28-2)14-18-13-24(15-19-7-6-11-30-19)16-21(18)20-8-4-5-9-22(20)29-3/h4-9,11,18,21H,10,12-17H2,1-3H3/t18-,21-/m0/s1. The van der Waals surface area contributed by atoms with Gasteiger partial charge in [0.2, 0.25) is 5.91 Å². The van der Waals surface area contributed by atoms with E-state index < -0.39 is 0 Å². The number of carbonyl (C=O) groups is 1. The summed E-state index contributed by atoms with van der Waals surface area (Å²) in [6, 6.07) is 12.1. The van der Waals surface area contributed by atoms with Crippen LogP contribution in [0.5, 0.6) is 5.75 Å². The van der Waals surface area contributed by atoms with Gasteiger partial charge >= 0.3 is 0 Å². The van der Waals surface area contributed by atoms with Crippen LogP contribution in [0.15, 0.2) is 47.1 Å². The maximum atomic E-state index is 12.6. The summed E-state index contributed by atoms with van der Waals surface area (Å²) in [6.07, 6.45) is 1.70. The first-order chi connectivity index (χ1) is 14.7. The van der Waals surface area contributed by atoms with E-state index in [9.17, 15) is 4.79 Å². The van der Waals surface area contributed by atoms with Crippen LogP contribution in [0.2, 0.25) is 0 Å². The molecule has 0 spiro atoms. The number of nitrogens with zero attached hydrogens (tertiary/aromatic N) is 2. The largest absolute Gasteiger partial charge is 0.496 e. The van der Waals surface area contributed by atoms with Crippen molar-refractivity contribution < 1.29 is 23.4 Å². The van der Waals surface area contributed by atoms with E-state index in [0.717, 1.165) is 31.1 Å². The zero-order chi connectivity index (χ0) is 21.3. The van der Waals surface area contributed by atoms with Crippen molar-refractivity contribution >= 4 is 5.91 Å². The van der Waals surface area contributed by atoms with Crippen molar-refractivity contribution in [1.82, 2.24) is 9.80 Å². The molecule has 1 aliphatic rings. The fourth-order valence-corrected chi connectivity index (χ4v) is 4.24. The summed E-state index contributed by atoms with van der Waals surface area (Å²) in [5.41, 5.74) is 1.18. The van der Waals surface area contributed by atoms with E-state index in [-0.39, 0.29) is 24.3 Å². The van der Waals surface area contributed by atoms with Crippen LogP contribution in [-0.2, 0) is 20.8 Å². The molecule has 7 heteroatoms. The predicted molar refractivity (Wildman–Crippen MR) is 114 cm³/mol. The van der Waals surface area contributed by atoms with Gasteiger partial charge in [-0.2, -0.15) is 0 Å². The van der Waals surface area contributed by atoms with Gasteiger partial charge in [0, 0.05) is 46.3 Å². The van der Waals surface area contributed by atoms with E-state index in [0.29, 0.717) is 19.7 Å². The van der Waals surface area contributed by atoms with Gasteiger partial charge in [0.15, 0.2) is 0 Å². The van der Waals surface area contributed by atoms with E-state index in [2.05, 4.69) is 11.0 Å². The van der Waals surface area contributed by atoms with Gasteiger partial charge in [0.25, 0.3) is 0 Å². The quantitative estimate of drug-likeness (QED) is 0.561. The van der Waals surface area contributed by atoms with Crippen molar-refractivity contribution in [3.63, 3.8) is 0 Å². The maximum Gasteiger partial charge on any atom is 0.248 e. The Labute approximate surface area is 178 Å². The first kappa shape index (κ1) is 22.3. The van der Waals surface area contributed by atoms with Gasteiger partial charge in [-0.3, -0.25) is 9.69 Å². The Balaban J connectivity index is 1.81. The van der Waals surface area contributed by atoms with Gasteiger partial charge < -0.3 is 23.5 Å². The lowest BCUT2D eigenvalue weighted by molar-refractivity contribution is -0.136. The molecular formula is C23H32N2O5. The zero-order valence-electron chi connectivity index (χ0n) is 18.1. The fraction of sp³-hybridized carbons (Fsp3) is 0.522. The molecule has 0 bridgehead atoms. The number of methoxy groups -OCH3 is 3. The summed E-state index contributed by atoms with van der Waals surface area (Å²) in [5, 5.41) is 0. The van der Waals surface area contributed by atoms with Crippen molar-refractivity contribution in [2.24, 2.45) is 5.92 Å². The lowest BCUT2D eigenvalue weighted by atomic mass is 9.88. The summed E-state index contributed by atoms with van der Waals surface area (Å²) in [6.45, 7) is 4.26. The molecule has 3 rings (SSSR count). The normalized spacial score (nSPS) is 19.2. The fourth-order valence-electron chi connectivity index (χ4n) is 4.24. The van der Waals surface area contributed by atoms with Gasteiger partial charge in [0.1, 0.15) is 18.1 Å². The van der Waals surface area contributed by atoms with E-state index in [4.69, 9.17) is 18.6 Å². The second kappa shape index (κ2) is 11.2. The van der Waals surface area contributed by atoms with Crippen molar-refractivity contribution in [2.75, 3.05) is 60.7 Å². The molecule has 0 radical (unpaired) electrons. The van der Waals surface area contributed by atoms with Crippen molar-refractivity contribution in [3.8, 4) is 5.75 Å². The molecule has 7 nitrogen and oxygen atoms in total. The molecule has 164 valence electrons. The van der Waals surface area contributed by atoms with Crippen LogP contribution < -0.4 is 4.74 Å². The number of ether oxygens (including phenoxy) is 3. The average Bonchev–Trinajstić information content (AvgIpc) is 3.41.